The molecule has 0 spiro atoms. The van der Waals surface area contributed by atoms with Gasteiger partial charge in [0.1, 0.15) is 0 Å². The molecule has 2 aromatic rings. The van der Waals surface area contributed by atoms with E-state index in [0.717, 1.165) is 5.56 Å². The lowest BCUT2D eigenvalue weighted by atomic mass is 9.81. The summed E-state index contributed by atoms with van der Waals surface area (Å²) in [5.41, 5.74) is 7.93. The third-order valence-electron chi connectivity index (χ3n) is 7.28. The Hall–Kier alpha value is -3.84. The van der Waals surface area contributed by atoms with E-state index >= 15 is 0 Å². The first-order chi connectivity index (χ1) is 21.5. The summed E-state index contributed by atoms with van der Waals surface area (Å²) in [6, 6.07) is 12.9. The average molecular weight is 614 g/mol. The number of nitrogen functional groups attached to an aromatic ring is 1. The Labute approximate surface area is 257 Å². The van der Waals surface area contributed by atoms with Crippen molar-refractivity contribution < 1.29 is 43.1 Å². The van der Waals surface area contributed by atoms with E-state index in [0.29, 0.717) is 81.5 Å². The molecule has 4 rings (SSSR count). The predicted molar refractivity (Wildman–Crippen MR) is 163 cm³/mol. The van der Waals surface area contributed by atoms with E-state index in [9.17, 15) is 9.59 Å². The van der Waals surface area contributed by atoms with Crippen molar-refractivity contribution in [3.8, 4) is 11.5 Å². The molecule has 0 saturated heterocycles. The van der Waals surface area contributed by atoms with Crippen molar-refractivity contribution in [2.24, 2.45) is 5.92 Å². The van der Waals surface area contributed by atoms with Gasteiger partial charge in [0.2, 0.25) is 19.0 Å². The highest BCUT2D eigenvalue weighted by atomic mass is 16.7. The van der Waals surface area contributed by atoms with Crippen LogP contribution < -0.4 is 25.8 Å². The minimum Gasteiger partial charge on any atom is -0.459 e. The lowest BCUT2D eigenvalue weighted by molar-refractivity contribution is -0.168. The fourth-order valence-corrected chi connectivity index (χ4v) is 5.07. The predicted octanol–water partition coefficient (Wildman–Crippen LogP) is 3.31. The molecule has 2 aromatic carbocycles. The second-order valence-electron chi connectivity index (χ2n) is 10.4. The van der Waals surface area contributed by atoms with Crippen LogP contribution in [0.15, 0.2) is 54.3 Å². The summed E-state index contributed by atoms with van der Waals surface area (Å²) in [4.78, 5) is 25.5. The summed E-state index contributed by atoms with van der Waals surface area (Å²) in [6.07, 6.45) is 3.26. The van der Waals surface area contributed by atoms with Gasteiger partial charge < -0.3 is 49.9 Å². The molecule has 2 aliphatic rings. The summed E-state index contributed by atoms with van der Waals surface area (Å²) in [5.74, 6) is 0.646. The molecular formula is C32H43N3O9. The van der Waals surface area contributed by atoms with Crippen LogP contribution in [0.25, 0.3) is 0 Å². The number of anilines is 2. The van der Waals surface area contributed by atoms with Crippen molar-refractivity contribution in [3.05, 3.63) is 59.9 Å². The van der Waals surface area contributed by atoms with E-state index in [1.54, 1.807) is 12.1 Å². The maximum Gasteiger partial charge on any atom is 0.286 e. The lowest BCUT2D eigenvalue weighted by Gasteiger charge is -2.37. The van der Waals surface area contributed by atoms with Crippen molar-refractivity contribution in [2.75, 3.05) is 64.0 Å². The smallest absolute Gasteiger partial charge is 0.286 e. The van der Waals surface area contributed by atoms with E-state index in [-0.39, 0.29) is 49.4 Å². The molecule has 2 heterocycles. The normalized spacial score (nSPS) is 18.8. The molecule has 2 amide bonds. The van der Waals surface area contributed by atoms with Gasteiger partial charge >= 0.3 is 0 Å². The minimum absolute atomic E-state index is 0.0310. The largest absolute Gasteiger partial charge is 0.459 e. The molecule has 3 atom stereocenters. The zero-order valence-corrected chi connectivity index (χ0v) is 25.1. The quantitative estimate of drug-likeness (QED) is 0.145. The van der Waals surface area contributed by atoms with Gasteiger partial charge in [-0.1, -0.05) is 18.2 Å². The van der Waals surface area contributed by atoms with Crippen LogP contribution in [0.2, 0.25) is 0 Å². The van der Waals surface area contributed by atoms with Gasteiger partial charge in [0.15, 0.2) is 17.3 Å². The molecule has 0 saturated carbocycles. The summed E-state index contributed by atoms with van der Waals surface area (Å²) in [5, 5.41) is 14.6. The fourth-order valence-electron chi connectivity index (χ4n) is 5.07. The number of para-hydroxylation sites is 2. The number of ether oxygens (including phenoxy) is 6. The van der Waals surface area contributed by atoms with Crippen LogP contribution in [0, 0.1) is 5.92 Å². The summed E-state index contributed by atoms with van der Waals surface area (Å²) in [7, 11) is 0. The van der Waals surface area contributed by atoms with Crippen molar-refractivity contribution in [1.82, 2.24) is 5.32 Å². The second-order valence-corrected chi connectivity index (χ2v) is 10.4. The number of benzene rings is 2. The van der Waals surface area contributed by atoms with Gasteiger partial charge in [-0.25, -0.2) is 0 Å². The summed E-state index contributed by atoms with van der Waals surface area (Å²) < 4.78 is 34.3. The number of nitrogens with two attached hydrogens (primary N) is 1. The van der Waals surface area contributed by atoms with Crippen LogP contribution >= 0.6 is 0 Å². The van der Waals surface area contributed by atoms with E-state index in [2.05, 4.69) is 10.6 Å². The Balaban J connectivity index is 1.36. The maximum atomic E-state index is 13.2. The van der Waals surface area contributed by atoms with Crippen LogP contribution in [0.3, 0.4) is 0 Å². The highest BCUT2D eigenvalue weighted by Gasteiger charge is 2.38. The molecule has 0 aliphatic carbocycles. The Morgan fingerprint density at radius 3 is 2.61 bits per heavy atom. The number of carbonyl (C=O) groups excluding carboxylic acids is 2. The van der Waals surface area contributed by atoms with Gasteiger partial charge in [-0.15, -0.1) is 0 Å². The molecule has 240 valence electrons. The fraction of sp³-hybridized carbons (Fsp3) is 0.500. The molecule has 5 N–H and O–H groups in total. The van der Waals surface area contributed by atoms with Gasteiger partial charge in [0, 0.05) is 38.0 Å². The molecule has 2 aliphatic heterocycles. The van der Waals surface area contributed by atoms with Crippen LogP contribution in [0.5, 0.6) is 11.5 Å². The molecule has 0 radical (unpaired) electrons. The van der Waals surface area contributed by atoms with Gasteiger partial charge in [-0.2, -0.15) is 0 Å². The molecular weight excluding hydrogens is 570 g/mol. The third kappa shape index (κ3) is 9.58. The van der Waals surface area contributed by atoms with Gasteiger partial charge in [0.25, 0.3) is 5.91 Å². The molecule has 12 heteroatoms. The first-order valence-corrected chi connectivity index (χ1v) is 15.1. The highest BCUT2D eigenvalue weighted by Crippen LogP contribution is 2.42. The van der Waals surface area contributed by atoms with Crippen molar-refractivity contribution in [3.63, 3.8) is 0 Å². The minimum atomic E-state index is -0.676. The van der Waals surface area contributed by atoms with Gasteiger partial charge in [-0.3, -0.25) is 9.59 Å². The van der Waals surface area contributed by atoms with Gasteiger partial charge in [0.05, 0.1) is 37.8 Å². The Bertz CT molecular complexity index is 1260. The summed E-state index contributed by atoms with van der Waals surface area (Å²) in [6.45, 7) is 4.28. The lowest BCUT2D eigenvalue weighted by Crippen LogP contribution is -2.39. The Morgan fingerprint density at radius 2 is 1.82 bits per heavy atom. The first-order valence-electron chi connectivity index (χ1n) is 15.1. The first kappa shape index (κ1) is 33.1. The van der Waals surface area contributed by atoms with E-state index in [4.69, 9.17) is 39.3 Å². The Morgan fingerprint density at radius 1 is 1.02 bits per heavy atom. The number of amides is 2. The SMILES string of the molecule is CCO[C@H]1OC(C(=O)NCCCCC(=O)Nc2ccccc2N)=C[C@@H](c2ccc3c(c2)OCO3)[C@H]1CCOCCOCCO. The molecule has 0 unspecified atom stereocenters. The summed E-state index contributed by atoms with van der Waals surface area (Å²) >= 11 is 0. The zero-order chi connectivity index (χ0) is 31.1. The standard InChI is InChI=1S/C32H43N3O9/c1-2-41-32-23(12-15-39-17-18-40-16-14-36)24(22-10-11-27-28(19-22)43-21-42-27)20-29(44-32)31(38)34-13-6-5-9-30(37)35-26-8-4-3-7-25(26)33/h3-4,7-8,10-11,19-20,23-24,32,36H,2,5-6,9,12-18,21,33H2,1H3,(H,34,38)(H,35,37)/t23-,24+,32+/m1/s1. The monoisotopic (exact) mass is 613 g/mol. The molecule has 44 heavy (non-hydrogen) atoms. The highest BCUT2D eigenvalue weighted by molar-refractivity contribution is 5.93. The number of unbranched alkanes of at least 4 members (excludes halogenated alkanes) is 1. The number of hydrogen-bond donors (Lipinski definition) is 4. The second kappa shape index (κ2) is 17.5. The van der Waals surface area contributed by atoms with Crippen LogP contribution in [-0.4, -0.2) is 76.2 Å². The molecule has 0 fully saturated rings. The number of carbonyl (C=O) groups is 2. The number of hydrogen-bond acceptors (Lipinski definition) is 10. The number of aliphatic hydroxyl groups excluding tert-OH is 1. The van der Waals surface area contributed by atoms with E-state index in [1.165, 1.54) is 0 Å². The van der Waals surface area contributed by atoms with Crippen LogP contribution in [0.1, 0.15) is 44.1 Å². The van der Waals surface area contributed by atoms with Crippen molar-refractivity contribution in [1.29, 1.82) is 0 Å². The topological polar surface area (TPSA) is 160 Å². The zero-order valence-electron chi connectivity index (χ0n) is 25.1. The van der Waals surface area contributed by atoms with Crippen molar-refractivity contribution >= 4 is 23.2 Å². The number of allylic oxidation sites excluding steroid dienone is 1. The van der Waals surface area contributed by atoms with E-state index < -0.39 is 6.29 Å². The van der Waals surface area contributed by atoms with Crippen LogP contribution in [-0.2, 0) is 28.5 Å². The third-order valence-corrected chi connectivity index (χ3v) is 7.28. The molecule has 0 aromatic heterocycles. The Kier molecular flexibility index (Phi) is 13.1. The number of aliphatic hydroxyl groups is 1. The van der Waals surface area contributed by atoms with E-state index in [1.807, 2.05) is 43.3 Å². The van der Waals surface area contributed by atoms with Crippen molar-refractivity contribution in [2.45, 2.75) is 44.8 Å². The number of nitrogens with one attached hydrogen (secondary N) is 2. The number of fused-ring (bicyclic) bond motifs is 1. The average Bonchev–Trinajstić information content (AvgIpc) is 3.50. The number of rotatable bonds is 18. The maximum absolute atomic E-state index is 13.2. The van der Waals surface area contributed by atoms with Crippen LogP contribution in [0.4, 0.5) is 11.4 Å². The molecule has 12 nitrogen and oxygen atoms in total. The van der Waals surface area contributed by atoms with Gasteiger partial charge in [-0.05, 0) is 62.1 Å². The molecule has 0 bridgehead atoms.